The van der Waals surface area contributed by atoms with Crippen molar-refractivity contribution in [3.8, 4) is 0 Å². The number of nitrogens with zero attached hydrogens (tertiary/aromatic N) is 3. The van der Waals surface area contributed by atoms with Gasteiger partial charge in [0.15, 0.2) is 0 Å². The third-order valence-corrected chi connectivity index (χ3v) is 7.37. The van der Waals surface area contributed by atoms with Crippen molar-refractivity contribution in [3.05, 3.63) is 131 Å². The van der Waals surface area contributed by atoms with Gasteiger partial charge in [0.2, 0.25) is 17.8 Å². The van der Waals surface area contributed by atoms with Crippen molar-refractivity contribution in [2.24, 2.45) is 0 Å². The Morgan fingerprint density at radius 2 is 1.06 bits per heavy atom. The van der Waals surface area contributed by atoms with Gasteiger partial charge in [-0.3, -0.25) is 14.4 Å². The maximum absolute atomic E-state index is 12.7. The SMILES string of the molecule is O=C(O)Cc1ccc(Nc2nc(NCCOCCOCCNC(=O)c3ccccc3)nc(Nc3ccc(C(=O)NCc4ccccc4)cc3)n2)cc1. The Morgan fingerprint density at radius 1 is 0.538 bits per heavy atom. The normalized spacial score (nSPS) is 10.6. The third-order valence-electron chi connectivity index (χ3n) is 7.37. The summed E-state index contributed by atoms with van der Waals surface area (Å²) in [4.78, 5) is 49.3. The fourth-order valence-electron chi connectivity index (χ4n) is 4.78. The Bertz CT molecular complexity index is 1880. The highest BCUT2D eigenvalue weighted by atomic mass is 16.5. The Kier molecular flexibility index (Phi) is 14.0. The summed E-state index contributed by atoms with van der Waals surface area (Å²) in [5.74, 6) is -0.467. The number of hydrogen-bond acceptors (Lipinski definition) is 11. The van der Waals surface area contributed by atoms with E-state index in [4.69, 9.17) is 14.6 Å². The number of benzene rings is 4. The third kappa shape index (κ3) is 12.5. The predicted molar refractivity (Wildman–Crippen MR) is 197 cm³/mol. The molecule has 5 aromatic rings. The minimum absolute atomic E-state index is 0.0805. The van der Waals surface area contributed by atoms with E-state index >= 15 is 0 Å². The predicted octanol–water partition coefficient (Wildman–Crippen LogP) is 4.79. The number of rotatable bonds is 20. The highest BCUT2D eigenvalue weighted by Gasteiger charge is 2.10. The van der Waals surface area contributed by atoms with Crippen LogP contribution in [0.5, 0.6) is 0 Å². The van der Waals surface area contributed by atoms with E-state index in [1.807, 2.05) is 48.5 Å². The van der Waals surface area contributed by atoms with Gasteiger partial charge in [-0.2, -0.15) is 15.0 Å². The average Bonchev–Trinajstić information content (AvgIpc) is 3.16. The van der Waals surface area contributed by atoms with Gasteiger partial charge >= 0.3 is 5.97 Å². The quantitative estimate of drug-likeness (QED) is 0.0609. The van der Waals surface area contributed by atoms with Gasteiger partial charge in [0.25, 0.3) is 11.8 Å². The maximum Gasteiger partial charge on any atom is 0.307 e. The number of aromatic nitrogens is 3. The lowest BCUT2D eigenvalue weighted by atomic mass is 10.1. The van der Waals surface area contributed by atoms with Gasteiger partial charge in [0.05, 0.1) is 32.8 Å². The molecule has 0 atom stereocenters. The molecular formula is C38H40N8O6. The summed E-state index contributed by atoms with van der Waals surface area (Å²) in [6, 6.07) is 32.5. The van der Waals surface area contributed by atoms with Gasteiger partial charge in [-0.25, -0.2) is 0 Å². The van der Waals surface area contributed by atoms with Crippen LogP contribution in [0, 0.1) is 0 Å². The lowest BCUT2D eigenvalue weighted by Crippen LogP contribution is -2.27. The van der Waals surface area contributed by atoms with E-state index in [0.29, 0.717) is 74.1 Å². The van der Waals surface area contributed by atoms with Gasteiger partial charge < -0.3 is 41.2 Å². The van der Waals surface area contributed by atoms with Crippen LogP contribution in [0.4, 0.5) is 29.2 Å². The zero-order valence-electron chi connectivity index (χ0n) is 28.4. The summed E-state index contributed by atoms with van der Waals surface area (Å²) >= 11 is 0. The number of anilines is 5. The molecule has 0 aliphatic carbocycles. The van der Waals surface area contributed by atoms with E-state index in [1.54, 1.807) is 60.7 Å². The van der Waals surface area contributed by atoms with Crippen molar-refractivity contribution < 1.29 is 29.0 Å². The monoisotopic (exact) mass is 704 g/mol. The first-order chi connectivity index (χ1) is 25.4. The molecule has 52 heavy (non-hydrogen) atoms. The van der Waals surface area contributed by atoms with Crippen molar-refractivity contribution in [1.29, 1.82) is 0 Å². The van der Waals surface area contributed by atoms with Gasteiger partial charge in [-0.1, -0.05) is 60.7 Å². The second-order valence-electron chi connectivity index (χ2n) is 11.3. The molecule has 0 unspecified atom stereocenters. The molecule has 0 spiro atoms. The molecular weight excluding hydrogens is 664 g/mol. The van der Waals surface area contributed by atoms with Crippen molar-refractivity contribution in [3.63, 3.8) is 0 Å². The van der Waals surface area contributed by atoms with Gasteiger partial charge in [-0.05, 0) is 59.7 Å². The molecule has 0 fully saturated rings. The van der Waals surface area contributed by atoms with Crippen LogP contribution in [0.1, 0.15) is 31.8 Å². The number of carboxylic acid groups (broad SMARTS) is 1. The van der Waals surface area contributed by atoms with Gasteiger partial charge in [0, 0.05) is 42.1 Å². The number of amides is 2. The molecule has 14 heteroatoms. The van der Waals surface area contributed by atoms with Crippen LogP contribution < -0.4 is 26.6 Å². The molecule has 14 nitrogen and oxygen atoms in total. The van der Waals surface area contributed by atoms with E-state index < -0.39 is 5.97 Å². The molecule has 0 saturated carbocycles. The highest BCUT2D eigenvalue weighted by Crippen LogP contribution is 2.20. The lowest BCUT2D eigenvalue weighted by molar-refractivity contribution is -0.136. The summed E-state index contributed by atoms with van der Waals surface area (Å²) in [5, 5.41) is 24.2. The number of hydrogen-bond donors (Lipinski definition) is 6. The number of aliphatic carboxylic acids is 1. The molecule has 5 rings (SSSR count). The lowest BCUT2D eigenvalue weighted by Gasteiger charge is -2.12. The fraction of sp³-hybridized carbons (Fsp3) is 0.211. The average molecular weight is 705 g/mol. The Morgan fingerprint density at radius 3 is 1.67 bits per heavy atom. The summed E-state index contributed by atoms with van der Waals surface area (Å²) < 4.78 is 11.2. The van der Waals surface area contributed by atoms with Crippen LogP contribution in [0.15, 0.2) is 109 Å². The van der Waals surface area contributed by atoms with Crippen LogP contribution >= 0.6 is 0 Å². The van der Waals surface area contributed by atoms with Crippen LogP contribution in [0.3, 0.4) is 0 Å². The molecule has 0 radical (unpaired) electrons. The van der Waals surface area contributed by atoms with E-state index in [2.05, 4.69) is 41.5 Å². The maximum atomic E-state index is 12.7. The second-order valence-corrected chi connectivity index (χ2v) is 11.3. The van der Waals surface area contributed by atoms with Crippen molar-refractivity contribution in [1.82, 2.24) is 25.6 Å². The molecule has 0 bridgehead atoms. The van der Waals surface area contributed by atoms with E-state index in [1.165, 1.54) is 0 Å². The summed E-state index contributed by atoms with van der Waals surface area (Å²) in [6.45, 7) is 2.66. The van der Waals surface area contributed by atoms with Gasteiger partial charge in [0.1, 0.15) is 0 Å². The molecule has 2 amide bonds. The Hall–Kier alpha value is -6.38. The molecule has 0 aliphatic heterocycles. The van der Waals surface area contributed by atoms with Crippen LogP contribution in [0.25, 0.3) is 0 Å². The molecule has 4 aromatic carbocycles. The van der Waals surface area contributed by atoms with E-state index in [9.17, 15) is 14.4 Å². The van der Waals surface area contributed by atoms with E-state index in [0.717, 1.165) is 5.56 Å². The zero-order valence-corrected chi connectivity index (χ0v) is 28.4. The molecule has 6 N–H and O–H groups in total. The minimum atomic E-state index is -0.911. The summed E-state index contributed by atoms with van der Waals surface area (Å²) in [5.41, 5.74) is 4.09. The smallest absolute Gasteiger partial charge is 0.307 e. The first-order valence-electron chi connectivity index (χ1n) is 16.7. The Balaban J connectivity index is 1.12. The minimum Gasteiger partial charge on any atom is -0.481 e. The largest absolute Gasteiger partial charge is 0.481 e. The Labute approximate surface area is 301 Å². The first kappa shape index (κ1) is 36.9. The second kappa shape index (κ2) is 19.7. The molecule has 1 aromatic heterocycles. The number of carboxylic acids is 1. The topological polar surface area (TPSA) is 189 Å². The number of carbonyl (C=O) groups excluding carboxylic acids is 2. The van der Waals surface area contributed by atoms with Crippen LogP contribution in [-0.4, -0.2) is 77.4 Å². The number of ether oxygens (including phenoxy) is 2. The molecule has 268 valence electrons. The standard InChI is InChI=1S/C38H40N8O6/c47-33(48)25-27-11-15-31(16-12-27)42-37-44-36(40-20-22-52-24-23-51-21-19-39-34(49)29-9-5-2-6-10-29)45-38(46-37)43-32-17-13-30(14-18-32)35(50)41-26-28-7-3-1-4-8-28/h1-18H,19-26H2,(H,39,49)(H,41,50)(H,47,48)(H3,40,42,43,44,45,46). The fourth-order valence-corrected chi connectivity index (χ4v) is 4.78. The summed E-state index contributed by atoms with van der Waals surface area (Å²) in [7, 11) is 0. The highest BCUT2D eigenvalue weighted by molar-refractivity contribution is 5.94. The summed E-state index contributed by atoms with van der Waals surface area (Å²) in [6.07, 6.45) is -0.0805. The molecule has 1 heterocycles. The number of carbonyl (C=O) groups is 3. The van der Waals surface area contributed by atoms with Crippen molar-refractivity contribution >= 4 is 47.0 Å². The van der Waals surface area contributed by atoms with Crippen molar-refractivity contribution in [2.75, 3.05) is 55.5 Å². The molecule has 0 aliphatic rings. The molecule has 0 saturated heterocycles. The zero-order chi connectivity index (χ0) is 36.4. The van der Waals surface area contributed by atoms with Crippen molar-refractivity contribution in [2.45, 2.75) is 13.0 Å². The first-order valence-corrected chi connectivity index (χ1v) is 16.7. The number of nitrogens with one attached hydrogen (secondary N) is 5. The van der Waals surface area contributed by atoms with Crippen LogP contribution in [-0.2, 0) is 27.2 Å². The van der Waals surface area contributed by atoms with Crippen LogP contribution in [0.2, 0.25) is 0 Å². The van der Waals surface area contributed by atoms with E-state index in [-0.39, 0.29) is 36.1 Å². The van der Waals surface area contributed by atoms with Gasteiger partial charge in [-0.15, -0.1) is 0 Å².